The van der Waals surface area contributed by atoms with E-state index in [1.807, 2.05) is 30.3 Å². The van der Waals surface area contributed by atoms with Crippen molar-refractivity contribution in [1.82, 2.24) is 0 Å². The van der Waals surface area contributed by atoms with Crippen LogP contribution in [-0.4, -0.2) is 0 Å². The summed E-state index contributed by atoms with van der Waals surface area (Å²) in [6.07, 6.45) is 0. The fourth-order valence-electron chi connectivity index (χ4n) is 1.29. The average Bonchev–Trinajstić information content (AvgIpc) is 2.04. The largest absolute Gasteiger partial charge is 0.398 e. The van der Waals surface area contributed by atoms with E-state index >= 15 is 0 Å². The molecule has 2 rings (SSSR count). The Hall–Kier alpha value is -1.70. The first-order valence-corrected chi connectivity index (χ1v) is 3.73. The molecule has 0 spiro atoms. The molecule has 0 amide bonds. The maximum Gasteiger partial charge on any atom is 0.0495 e. The molecule has 0 fully saturated rings. The van der Waals surface area contributed by atoms with E-state index in [9.17, 15) is 0 Å². The van der Waals surface area contributed by atoms with Crippen LogP contribution >= 0.6 is 0 Å². The van der Waals surface area contributed by atoms with E-state index in [0.29, 0.717) is 11.4 Å². The Morgan fingerprint density at radius 2 is 1.83 bits per heavy atom. The van der Waals surface area contributed by atoms with Gasteiger partial charge in [-0.25, -0.2) is 0 Å². The zero-order valence-electron chi connectivity index (χ0n) is 6.54. The summed E-state index contributed by atoms with van der Waals surface area (Å²) in [6.45, 7) is 0. The third kappa shape index (κ3) is 0.975. The Labute approximate surface area is 70.8 Å². The summed E-state index contributed by atoms with van der Waals surface area (Å²) in [7, 11) is 0. The molecule has 0 aromatic heterocycles. The molecular formula is C10H9N2. The third-order valence-corrected chi connectivity index (χ3v) is 1.84. The van der Waals surface area contributed by atoms with E-state index in [-0.39, 0.29) is 0 Å². The molecule has 2 nitrogen and oxygen atoms in total. The second-order valence-electron chi connectivity index (χ2n) is 2.73. The highest BCUT2D eigenvalue weighted by Gasteiger charge is 1.97. The van der Waals surface area contributed by atoms with Crippen molar-refractivity contribution in [3.63, 3.8) is 0 Å². The molecule has 0 saturated carbocycles. The van der Waals surface area contributed by atoms with Crippen molar-refractivity contribution in [2.24, 2.45) is 0 Å². The number of hydrogen-bond acceptors (Lipinski definition) is 2. The van der Waals surface area contributed by atoms with Gasteiger partial charge in [0.05, 0.1) is 0 Å². The van der Waals surface area contributed by atoms with Crippen LogP contribution in [-0.2, 0) is 0 Å². The summed E-state index contributed by atoms with van der Waals surface area (Å²) in [4.78, 5) is 0. The van der Waals surface area contributed by atoms with Gasteiger partial charge in [-0.1, -0.05) is 24.3 Å². The summed E-state index contributed by atoms with van der Waals surface area (Å²) in [5.41, 5.74) is 12.5. The number of anilines is 2. The van der Waals surface area contributed by atoms with Crippen LogP contribution in [0.5, 0.6) is 0 Å². The zero-order chi connectivity index (χ0) is 8.55. The van der Waals surface area contributed by atoms with Gasteiger partial charge in [-0.2, -0.15) is 0 Å². The molecule has 0 aliphatic rings. The van der Waals surface area contributed by atoms with Crippen molar-refractivity contribution < 1.29 is 0 Å². The average molecular weight is 157 g/mol. The molecule has 59 valence electrons. The van der Waals surface area contributed by atoms with Crippen molar-refractivity contribution in [2.45, 2.75) is 0 Å². The van der Waals surface area contributed by atoms with Crippen LogP contribution in [0.3, 0.4) is 0 Å². The van der Waals surface area contributed by atoms with Crippen molar-refractivity contribution in [3.05, 3.63) is 36.4 Å². The third-order valence-electron chi connectivity index (χ3n) is 1.84. The number of hydrogen-bond donors (Lipinski definition) is 2. The van der Waals surface area contributed by atoms with Gasteiger partial charge in [0, 0.05) is 22.8 Å². The summed E-state index contributed by atoms with van der Waals surface area (Å²) in [5.74, 6) is 0. The highest BCUT2D eigenvalue weighted by molar-refractivity contribution is 5.94. The molecule has 12 heavy (non-hydrogen) atoms. The molecule has 2 heteroatoms. The summed E-state index contributed by atoms with van der Waals surface area (Å²) < 4.78 is 0. The normalized spacial score (nSPS) is 10.3. The first kappa shape index (κ1) is 6.98. The fourth-order valence-corrected chi connectivity index (χ4v) is 1.29. The molecule has 4 N–H and O–H groups in total. The molecule has 0 heterocycles. The van der Waals surface area contributed by atoms with Gasteiger partial charge in [0.1, 0.15) is 0 Å². The van der Waals surface area contributed by atoms with Gasteiger partial charge in [0.25, 0.3) is 0 Å². The molecule has 0 unspecified atom stereocenters. The predicted molar refractivity (Wildman–Crippen MR) is 51.6 cm³/mol. The van der Waals surface area contributed by atoms with Crippen molar-refractivity contribution in [2.75, 3.05) is 11.5 Å². The van der Waals surface area contributed by atoms with Crippen LogP contribution in [0.25, 0.3) is 10.8 Å². The SMILES string of the molecule is Nc1[c]c(N)c2ccccc2c1. The second-order valence-corrected chi connectivity index (χ2v) is 2.73. The maximum atomic E-state index is 5.72. The molecule has 1 radical (unpaired) electrons. The van der Waals surface area contributed by atoms with Crippen LogP contribution < -0.4 is 11.5 Å². The van der Waals surface area contributed by atoms with Crippen LogP contribution in [0.4, 0.5) is 11.4 Å². The molecule has 0 saturated heterocycles. The van der Waals surface area contributed by atoms with E-state index < -0.39 is 0 Å². The number of fused-ring (bicyclic) bond motifs is 1. The minimum atomic E-state index is 0.589. The minimum absolute atomic E-state index is 0.589. The topological polar surface area (TPSA) is 52.0 Å². The monoisotopic (exact) mass is 157 g/mol. The number of nitrogens with two attached hydrogens (primary N) is 2. The molecular weight excluding hydrogens is 148 g/mol. The van der Waals surface area contributed by atoms with Gasteiger partial charge < -0.3 is 11.5 Å². The van der Waals surface area contributed by atoms with Gasteiger partial charge in [-0.3, -0.25) is 0 Å². The quantitative estimate of drug-likeness (QED) is 0.573. The van der Waals surface area contributed by atoms with E-state index in [4.69, 9.17) is 11.5 Å². The minimum Gasteiger partial charge on any atom is -0.398 e. The molecule has 0 aliphatic heterocycles. The first-order chi connectivity index (χ1) is 5.77. The lowest BCUT2D eigenvalue weighted by molar-refractivity contribution is 1.69. The maximum absolute atomic E-state index is 5.72. The van der Waals surface area contributed by atoms with Crippen LogP contribution in [0, 0.1) is 6.07 Å². The highest BCUT2D eigenvalue weighted by atomic mass is 14.6. The summed E-state index contributed by atoms with van der Waals surface area (Å²) >= 11 is 0. The van der Waals surface area contributed by atoms with Crippen molar-refractivity contribution in [1.29, 1.82) is 0 Å². The van der Waals surface area contributed by atoms with Gasteiger partial charge in [0.15, 0.2) is 0 Å². The van der Waals surface area contributed by atoms with Crippen LogP contribution in [0.2, 0.25) is 0 Å². The highest BCUT2D eigenvalue weighted by Crippen LogP contribution is 2.22. The predicted octanol–water partition coefficient (Wildman–Crippen LogP) is 1.80. The lowest BCUT2D eigenvalue weighted by Gasteiger charge is -2.01. The fraction of sp³-hybridized carbons (Fsp3) is 0. The van der Waals surface area contributed by atoms with E-state index in [1.54, 1.807) is 0 Å². The van der Waals surface area contributed by atoms with Gasteiger partial charge in [-0.05, 0) is 11.5 Å². The van der Waals surface area contributed by atoms with Crippen LogP contribution in [0.1, 0.15) is 0 Å². The Balaban J connectivity index is 2.89. The van der Waals surface area contributed by atoms with Gasteiger partial charge in [0.2, 0.25) is 0 Å². The van der Waals surface area contributed by atoms with E-state index in [2.05, 4.69) is 6.07 Å². The van der Waals surface area contributed by atoms with Crippen LogP contribution in [0.15, 0.2) is 30.3 Å². The molecule has 0 bridgehead atoms. The van der Waals surface area contributed by atoms with Gasteiger partial charge in [-0.15, -0.1) is 0 Å². The van der Waals surface area contributed by atoms with E-state index in [1.165, 1.54) is 0 Å². The summed E-state index contributed by atoms with van der Waals surface area (Å²) in [6, 6.07) is 12.6. The number of benzene rings is 2. The number of rotatable bonds is 0. The van der Waals surface area contributed by atoms with Crippen molar-refractivity contribution in [3.8, 4) is 0 Å². The smallest absolute Gasteiger partial charge is 0.0495 e. The molecule has 2 aromatic carbocycles. The Bertz CT molecular complexity index is 421. The lowest BCUT2D eigenvalue weighted by atomic mass is 10.1. The zero-order valence-corrected chi connectivity index (χ0v) is 6.54. The Morgan fingerprint density at radius 1 is 1.08 bits per heavy atom. The Kier molecular flexibility index (Phi) is 1.40. The molecule has 0 aliphatic carbocycles. The molecule has 0 atom stereocenters. The lowest BCUT2D eigenvalue weighted by Crippen LogP contribution is -1.91. The van der Waals surface area contributed by atoms with Crippen molar-refractivity contribution >= 4 is 22.1 Å². The van der Waals surface area contributed by atoms with Gasteiger partial charge >= 0.3 is 0 Å². The van der Waals surface area contributed by atoms with E-state index in [0.717, 1.165) is 10.8 Å². The summed E-state index contributed by atoms with van der Waals surface area (Å²) in [5, 5.41) is 2.07. The Morgan fingerprint density at radius 3 is 2.67 bits per heavy atom. The standard InChI is InChI=1S/C10H9N2/c11-8-5-7-3-1-2-4-9(7)10(12)6-8/h1-5H,11-12H2. The second kappa shape index (κ2) is 2.41. The number of nitrogen functional groups attached to an aromatic ring is 2. The molecule has 2 aromatic rings. The first-order valence-electron chi connectivity index (χ1n) is 3.73.